The second-order valence-electron chi connectivity index (χ2n) is 7.23. The van der Waals surface area contributed by atoms with E-state index >= 15 is 0 Å². The minimum Gasteiger partial charge on any atom is -0.473 e. The summed E-state index contributed by atoms with van der Waals surface area (Å²) < 4.78 is 35.8. The summed E-state index contributed by atoms with van der Waals surface area (Å²) in [4.78, 5) is 8.62. The van der Waals surface area contributed by atoms with E-state index in [0.29, 0.717) is 41.1 Å². The zero-order chi connectivity index (χ0) is 19.8. The van der Waals surface area contributed by atoms with Crippen molar-refractivity contribution in [2.75, 3.05) is 13.1 Å². The summed E-state index contributed by atoms with van der Waals surface area (Å²) >= 11 is 0. The van der Waals surface area contributed by atoms with Crippen LogP contribution in [0.3, 0.4) is 0 Å². The van der Waals surface area contributed by atoms with Gasteiger partial charge in [0.05, 0.1) is 17.9 Å². The van der Waals surface area contributed by atoms with Gasteiger partial charge in [0.1, 0.15) is 16.8 Å². The molecule has 0 radical (unpaired) electrons. The minimum atomic E-state index is -3.63. The number of nitrogens with zero attached hydrogens (tertiary/aromatic N) is 5. The Morgan fingerprint density at radius 1 is 1.26 bits per heavy atom. The topological polar surface area (TPSA) is 90.2 Å². The Bertz CT molecular complexity index is 923. The Kier molecular flexibility index (Phi) is 5.53. The van der Waals surface area contributed by atoms with Crippen molar-refractivity contribution in [3.05, 3.63) is 29.5 Å². The minimum absolute atomic E-state index is 0.103. The number of aromatic nitrogens is 4. The van der Waals surface area contributed by atoms with Gasteiger partial charge in [-0.1, -0.05) is 0 Å². The van der Waals surface area contributed by atoms with Gasteiger partial charge in [-0.15, -0.1) is 0 Å². The van der Waals surface area contributed by atoms with E-state index in [1.165, 1.54) is 4.31 Å². The van der Waals surface area contributed by atoms with E-state index in [0.717, 1.165) is 12.8 Å². The number of rotatable bonds is 5. The van der Waals surface area contributed by atoms with E-state index in [4.69, 9.17) is 4.74 Å². The number of hydrogen-bond donors (Lipinski definition) is 0. The third kappa shape index (κ3) is 3.98. The maximum atomic E-state index is 13.3. The van der Waals surface area contributed by atoms with Gasteiger partial charge < -0.3 is 4.74 Å². The van der Waals surface area contributed by atoms with Gasteiger partial charge in [0, 0.05) is 24.8 Å². The van der Waals surface area contributed by atoms with E-state index in [9.17, 15) is 8.42 Å². The molecule has 1 saturated heterocycles. The number of aryl methyl sites for hydroxylation is 2. The molecule has 9 heteroatoms. The zero-order valence-electron chi connectivity index (χ0n) is 16.5. The Balaban J connectivity index is 1.83. The lowest BCUT2D eigenvalue weighted by Gasteiger charge is -2.31. The Labute approximate surface area is 160 Å². The van der Waals surface area contributed by atoms with Gasteiger partial charge in [0.15, 0.2) is 0 Å². The molecule has 2 aromatic rings. The summed E-state index contributed by atoms with van der Waals surface area (Å²) in [6, 6.07) is 1.80. The summed E-state index contributed by atoms with van der Waals surface area (Å²) in [5, 5.41) is 4.43. The average Bonchev–Trinajstić information content (AvgIpc) is 2.90. The number of sulfonamides is 1. The third-order valence-electron chi connectivity index (χ3n) is 4.72. The van der Waals surface area contributed by atoms with E-state index < -0.39 is 10.0 Å². The quantitative estimate of drug-likeness (QED) is 0.775. The highest BCUT2D eigenvalue weighted by Gasteiger charge is 2.35. The smallest absolute Gasteiger partial charge is 0.246 e. The van der Waals surface area contributed by atoms with Gasteiger partial charge in [-0.25, -0.2) is 13.4 Å². The first-order chi connectivity index (χ1) is 12.7. The molecule has 3 rings (SSSR count). The summed E-state index contributed by atoms with van der Waals surface area (Å²) in [5.74, 6) is 1.10. The largest absolute Gasteiger partial charge is 0.473 e. The van der Waals surface area contributed by atoms with Crippen LogP contribution >= 0.6 is 0 Å². The van der Waals surface area contributed by atoms with Crippen LogP contribution < -0.4 is 4.74 Å². The lowest BCUT2D eigenvalue weighted by atomic mass is 10.1. The molecule has 0 N–H and O–H groups in total. The molecule has 1 atom stereocenters. The van der Waals surface area contributed by atoms with Crippen molar-refractivity contribution in [2.45, 2.75) is 64.5 Å². The van der Waals surface area contributed by atoms with Crippen LogP contribution in [0.1, 0.15) is 49.9 Å². The second-order valence-corrected chi connectivity index (χ2v) is 9.10. The van der Waals surface area contributed by atoms with Crippen molar-refractivity contribution >= 4 is 10.0 Å². The Hall–Kier alpha value is -2.00. The molecule has 27 heavy (non-hydrogen) atoms. The third-order valence-corrected chi connectivity index (χ3v) is 6.84. The molecule has 2 aromatic heterocycles. The molecule has 0 bridgehead atoms. The summed E-state index contributed by atoms with van der Waals surface area (Å²) in [6.45, 7) is 10.1. The van der Waals surface area contributed by atoms with Gasteiger partial charge in [0.25, 0.3) is 0 Å². The maximum Gasteiger partial charge on any atom is 0.246 e. The van der Waals surface area contributed by atoms with Gasteiger partial charge in [0.2, 0.25) is 15.9 Å². The fraction of sp³-hybridized carbons (Fsp3) is 0.611. The molecule has 1 aliphatic heterocycles. The van der Waals surface area contributed by atoms with E-state index in [-0.39, 0.29) is 12.1 Å². The highest BCUT2D eigenvalue weighted by atomic mass is 32.2. The Morgan fingerprint density at radius 2 is 2.00 bits per heavy atom. The van der Waals surface area contributed by atoms with Gasteiger partial charge in [-0.2, -0.15) is 14.4 Å². The second kappa shape index (κ2) is 7.55. The van der Waals surface area contributed by atoms with Crippen LogP contribution in [0.4, 0.5) is 0 Å². The molecule has 3 heterocycles. The summed E-state index contributed by atoms with van der Waals surface area (Å²) in [6.07, 6.45) is 2.94. The highest BCUT2D eigenvalue weighted by molar-refractivity contribution is 7.89. The van der Waals surface area contributed by atoms with E-state index in [1.807, 2.05) is 20.8 Å². The monoisotopic (exact) mass is 393 g/mol. The number of ether oxygens (including phenoxy) is 1. The van der Waals surface area contributed by atoms with Crippen molar-refractivity contribution < 1.29 is 13.2 Å². The Morgan fingerprint density at radius 3 is 2.63 bits per heavy atom. The predicted molar refractivity (Wildman–Crippen MR) is 101 cm³/mol. The van der Waals surface area contributed by atoms with Crippen molar-refractivity contribution in [3.63, 3.8) is 0 Å². The molecule has 0 aliphatic carbocycles. The molecule has 0 aromatic carbocycles. The van der Waals surface area contributed by atoms with Crippen molar-refractivity contribution in [3.8, 4) is 5.88 Å². The maximum absolute atomic E-state index is 13.3. The molecule has 148 valence electrons. The fourth-order valence-electron chi connectivity index (χ4n) is 3.54. The van der Waals surface area contributed by atoms with Crippen LogP contribution in [0.25, 0.3) is 0 Å². The molecular formula is C18H27N5O3S. The molecular weight excluding hydrogens is 366 g/mol. The van der Waals surface area contributed by atoms with Gasteiger partial charge >= 0.3 is 0 Å². The molecule has 0 amide bonds. The normalized spacial score (nSPS) is 18.8. The van der Waals surface area contributed by atoms with E-state index in [1.54, 1.807) is 30.8 Å². The lowest BCUT2D eigenvalue weighted by molar-refractivity contribution is 0.124. The first kappa shape index (κ1) is 19.8. The number of piperidine rings is 1. The van der Waals surface area contributed by atoms with Crippen molar-refractivity contribution in [1.82, 2.24) is 24.1 Å². The SMILES string of the molecule is Cc1nccc(OC2CCCN(S(=O)(=O)c3c(C)nn(C(C)C)c3C)C2)n1. The van der Waals surface area contributed by atoms with Crippen LogP contribution in [0.5, 0.6) is 5.88 Å². The first-order valence-electron chi connectivity index (χ1n) is 9.22. The molecule has 1 fully saturated rings. The van der Waals surface area contributed by atoms with Crippen LogP contribution in [0.2, 0.25) is 0 Å². The van der Waals surface area contributed by atoms with Crippen molar-refractivity contribution in [2.24, 2.45) is 0 Å². The van der Waals surface area contributed by atoms with E-state index in [2.05, 4.69) is 15.1 Å². The van der Waals surface area contributed by atoms with Gasteiger partial charge in [-0.05, 0) is 47.5 Å². The molecule has 0 spiro atoms. The fourth-order valence-corrected chi connectivity index (χ4v) is 5.41. The highest BCUT2D eigenvalue weighted by Crippen LogP contribution is 2.28. The van der Waals surface area contributed by atoms with Crippen LogP contribution in [0.15, 0.2) is 17.2 Å². The molecule has 1 aliphatic rings. The predicted octanol–water partition coefficient (Wildman–Crippen LogP) is 2.41. The van der Waals surface area contributed by atoms with Crippen LogP contribution in [-0.4, -0.2) is 51.7 Å². The average molecular weight is 394 g/mol. The molecule has 0 saturated carbocycles. The summed E-state index contributed by atoms with van der Waals surface area (Å²) in [5.41, 5.74) is 1.22. The van der Waals surface area contributed by atoms with Crippen molar-refractivity contribution in [1.29, 1.82) is 0 Å². The lowest BCUT2D eigenvalue weighted by Crippen LogP contribution is -2.44. The summed E-state index contributed by atoms with van der Waals surface area (Å²) in [7, 11) is -3.63. The standard InChI is InChI=1S/C18H27N5O3S/c1-12(2)23-14(4)18(13(3)21-23)27(24,25)22-10-6-7-16(11-22)26-17-8-9-19-15(5)20-17/h8-9,12,16H,6-7,10-11H2,1-5H3. The molecule has 8 nitrogen and oxygen atoms in total. The van der Waals surface area contributed by atoms with Crippen LogP contribution in [-0.2, 0) is 10.0 Å². The zero-order valence-corrected chi connectivity index (χ0v) is 17.3. The first-order valence-corrected chi connectivity index (χ1v) is 10.7. The number of hydrogen-bond acceptors (Lipinski definition) is 6. The van der Waals surface area contributed by atoms with Gasteiger partial charge in [-0.3, -0.25) is 4.68 Å². The molecule has 1 unspecified atom stereocenters. The van der Waals surface area contributed by atoms with Crippen LogP contribution in [0, 0.1) is 20.8 Å².